The number of rotatable bonds is 5. The lowest BCUT2D eigenvalue weighted by atomic mass is 10.2. The first-order valence-electron chi connectivity index (χ1n) is 4.72. The van der Waals surface area contributed by atoms with Crippen LogP contribution in [0.15, 0.2) is 0 Å². The maximum absolute atomic E-state index is 5.17. The molecule has 0 aromatic heterocycles. The molecule has 3 nitrogen and oxygen atoms in total. The Bertz CT molecular complexity index is 119. The molecule has 1 aliphatic heterocycles. The molecule has 1 heterocycles. The van der Waals surface area contributed by atoms with Crippen molar-refractivity contribution in [3.05, 3.63) is 7.05 Å². The highest BCUT2D eigenvalue weighted by Crippen LogP contribution is 2.15. The average Bonchev–Trinajstić information content (AvgIpc) is 2.50. The van der Waals surface area contributed by atoms with Crippen LogP contribution < -0.4 is 5.32 Å². The summed E-state index contributed by atoms with van der Waals surface area (Å²) >= 11 is 0. The van der Waals surface area contributed by atoms with E-state index >= 15 is 0 Å². The summed E-state index contributed by atoms with van der Waals surface area (Å²) in [5, 5.41) is 1.99. The second-order valence-electron chi connectivity index (χ2n) is 3.36. The summed E-state index contributed by atoms with van der Waals surface area (Å²) in [7, 11) is 5.52. The molecule has 1 rings (SSSR count). The number of hydrogen-bond donors (Lipinski definition) is 1. The number of quaternary nitrogens is 1. The molecule has 0 aromatic rings. The van der Waals surface area contributed by atoms with Crippen LogP contribution >= 0.6 is 0 Å². The van der Waals surface area contributed by atoms with Gasteiger partial charge in [0, 0.05) is 19.7 Å². The smallest absolute Gasteiger partial charge is 0.0645 e. The largest absolute Gasteiger partial charge is 0.478 e. The van der Waals surface area contributed by atoms with Crippen LogP contribution in [0.4, 0.5) is 0 Å². The Morgan fingerprint density at radius 1 is 1.67 bits per heavy atom. The van der Waals surface area contributed by atoms with Gasteiger partial charge in [0.05, 0.1) is 13.2 Å². The Balaban J connectivity index is 2.20. The van der Waals surface area contributed by atoms with Crippen molar-refractivity contribution in [3.8, 4) is 0 Å². The molecular formula is C9H20N2O. The van der Waals surface area contributed by atoms with E-state index < -0.39 is 0 Å². The summed E-state index contributed by atoms with van der Waals surface area (Å²) in [4.78, 5) is 2.51. The lowest BCUT2D eigenvalue weighted by molar-refractivity contribution is -0.595. The number of hydrogen-bond acceptors (Lipinski definition) is 2. The highest BCUT2D eigenvalue weighted by Gasteiger charge is 2.23. The summed E-state index contributed by atoms with van der Waals surface area (Å²) in [5.41, 5.74) is 0. The number of nitrogens with two attached hydrogens (primary N) is 1. The molecule has 0 aliphatic carbocycles. The molecule has 12 heavy (non-hydrogen) atoms. The van der Waals surface area contributed by atoms with Crippen molar-refractivity contribution < 1.29 is 10.1 Å². The van der Waals surface area contributed by atoms with E-state index in [9.17, 15) is 0 Å². The van der Waals surface area contributed by atoms with Gasteiger partial charge in [-0.25, -0.2) is 0 Å². The predicted octanol–water partition coefficient (Wildman–Crippen LogP) is -0.548. The van der Waals surface area contributed by atoms with Crippen LogP contribution in [0.3, 0.4) is 0 Å². The quantitative estimate of drug-likeness (QED) is 0.564. The van der Waals surface area contributed by atoms with Gasteiger partial charge in [-0.2, -0.15) is 7.05 Å². The number of likely N-dealkylation sites (tertiary alicyclic amines) is 1. The van der Waals surface area contributed by atoms with Gasteiger partial charge in [-0.15, -0.1) is 0 Å². The molecule has 2 N–H and O–H groups in total. The summed E-state index contributed by atoms with van der Waals surface area (Å²) < 4.78 is 5.17. The summed E-state index contributed by atoms with van der Waals surface area (Å²) in [6, 6.07) is 0.662. The van der Waals surface area contributed by atoms with Gasteiger partial charge in [-0.3, -0.25) is 4.90 Å². The van der Waals surface area contributed by atoms with E-state index in [1.54, 1.807) is 7.11 Å². The van der Waals surface area contributed by atoms with Gasteiger partial charge in [0.15, 0.2) is 0 Å². The maximum Gasteiger partial charge on any atom is 0.0645 e. The lowest BCUT2D eigenvalue weighted by Gasteiger charge is -2.22. The van der Waals surface area contributed by atoms with Gasteiger partial charge in [0.2, 0.25) is 0 Å². The van der Waals surface area contributed by atoms with Crippen LogP contribution in [0.5, 0.6) is 0 Å². The zero-order chi connectivity index (χ0) is 8.81. The van der Waals surface area contributed by atoms with Crippen molar-refractivity contribution in [2.45, 2.75) is 18.9 Å². The summed E-state index contributed by atoms with van der Waals surface area (Å²) in [6.07, 6.45) is 2.62. The molecule has 0 amide bonds. The molecule has 1 atom stereocenters. The first-order chi connectivity index (χ1) is 5.88. The Morgan fingerprint density at radius 3 is 3.17 bits per heavy atom. The van der Waals surface area contributed by atoms with Crippen LogP contribution in [0.2, 0.25) is 0 Å². The Labute approximate surface area is 75.1 Å². The first-order valence-corrected chi connectivity index (χ1v) is 4.72. The van der Waals surface area contributed by atoms with Gasteiger partial charge in [0.1, 0.15) is 0 Å². The van der Waals surface area contributed by atoms with Gasteiger partial charge < -0.3 is 10.1 Å². The minimum atomic E-state index is 0.662. The van der Waals surface area contributed by atoms with Crippen LogP contribution in [0.25, 0.3) is 0 Å². The normalized spacial score (nSPS) is 25.0. The van der Waals surface area contributed by atoms with Gasteiger partial charge >= 0.3 is 0 Å². The topological polar surface area (TPSA) is 29.1 Å². The highest BCUT2D eigenvalue weighted by molar-refractivity contribution is 4.78. The fourth-order valence-electron chi connectivity index (χ4n) is 1.83. The molecule has 72 valence electrons. The van der Waals surface area contributed by atoms with Crippen molar-refractivity contribution in [1.82, 2.24) is 4.90 Å². The third kappa shape index (κ3) is 2.73. The molecule has 0 radical (unpaired) electrons. The third-order valence-electron chi connectivity index (χ3n) is 2.48. The van der Waals surface area contributed by atoms with Crippen molar-refractivity contribution in [1.29, 1.82) is 0 Å². The van der Waals surface area contributed by atoms with Crippen molar-refractivity contribution in [2.24, 2.45) is 0 Å². The molecule has 1 aliphatic rings. The monoisotopic (exact) mass is 172 g/mol. The van der Waals surface area contributed by atoms with Crippen molar-refractivity contribution >= 4 is 0 Å². The van der Waals surface area contributed by atoms with Crippen molar-refractivity contribution in [2.75, 3.05) is 33.4 Å². The van der Waals surface area contributed by atoms with E-state index in [2.05, 4.69) is 11.9 Å². The summed E-state index contributed by atoms with van der Waals surface area (Å²) in [5.74, 6) is 0. The predicted molar refractivity (Wildman–Crippen MR) is 48.6 cm³/mol. The number of ether oxygens (including phenoxy) is 1. The highest BCUT2D eigenvalue weighted by atomic mass is 16.5. The molecule has 0 saturated carbocycles. The van der Waals surface area contributed by atoms with Crippen molar-refractivity contribution in [3.63, 3.8) is 0 Å². The van der Waals surface area contributed by atoms with Crippen LogP contribution in [0.1, 0.15) is 12.8 Å². The second-order valence-corrected chi connectivity index (χ2v) is 3.36. The maximum atomic E-state index is 5.17. The molecule has 3 heteroatoms. The average molecular weight is 172 g/mol. The molecule has 0 aromatic carbocycles. The molecule has 1 saturated heterocycles. The molecule has 0 spiro atoms. The van der Waals surface area contributed by atoms with Crippen LogP contribution in [-0.2, 0) is 4.74 Å². The Hall–Kier alpha value is -0.120. The van der Waals surface area contributed by atoms with Crippen LogP contribution in [-0.4, -0.2) is 44.3 Å². The Morgan fingerprint density at radius 2 is 2.50 bits per heavy atom. The van der Waals surface area contributed by atoms with Gasteiger partial charge in [0.25, 0.3) is 0 Å². The number of nitrogens with zero attached hydrogens (tertiary/aromatic N) is 1. The van der Waals surface area contributed by atoms with E-state index in [1.165, 1.54) is 19.4 Å². The summed E-state index contributed by atoms with van der Waals surface area (Å²) in [6.45, 7) is 4.37. The van der Waals surface area contributed by atoms with E-state index in [4.69, 9.17) is 4.74 Å². The van der Waals surface area contributed by atoms with Gasteiger partial charge in [-0.05, 0) is 19.4 Å². The third-order valence-corrected chi connectivity index (χ3v) is 2.48. The molecule has 0 bridgehead atoms. The molecule has 0 unspecified atom stereocenters. The fraction of sp³-hybridized carbons (Fsp3) is 0.889. The zero-order valence-electron chi connectivity index (χ0n) is 7.96. The first kappa shape index (κ1) is 9.96. The SMILES string of the molecule is [CH2-][NH2+]CCN1CCC[C@H]1COC. The minimum Gasteiger partial charge on any atom is -0.478 e. The van der Waals surface area contributed by atoms with E-state index in [-0.39, 0.29) is 0 Å². The zero-order valence-corrected chi connectivity index (χ0v) is 7.96. The fourth-order valence-corrected chi connectivity index (χ4v) is 1.83. The second kappa shape index (κ2) is 5.51. The molecular weight excluding hydrogens is 152 g/mol. The van der Waals surface area contributed by atoms with E-state index in [0.717, 1.165) is 19.7 Å². The minimum absolute atomic E-state index is 0.662. The van der Waals surface area contributed by atoms with Crippen LogP contribution in [0, 0.1) is 7.05 Å². The Kier molecular flexibility index (Phi) is 4.58. The van der Waals surface area contributed by atoms with E-state index in [1.807, 2.05) is 5.32 Å². The molecule has 1 fully saturated rings. The van der Waals surface area contributed by atoms with Gasteiger partial charge in [-0.1, -0.05) is 0 Å². The number of methoxy groups -OCH3 is 1. The lowest BCUT2D eigenvalue weighted by Crippen LogP contribution is -2.78. The standard InChI is InChI=1S/C9H20N2O/c1-10-5-7-11-6-3-4-9(11)8-12-2/h9H,1,3-8,10H2,2H3/t9-/m0/s1. The van der Waals surface area contributed by atoms with E-state index in [0.29, 0.717) is 6.04 Å².